The summed E-state index contributed by atoms with van der Waals surface area (Å²) >= 11 is 3.54. The summed E-state index contributed by atoms with van der Waals surface area (Å²) in [6.07, 6.45) is 0.985. The molecule has 1 N–H and O–H groups in total. The Morgan fingerprint density at radius 2 is 2.04 bits per heavy atom. The second-order valence-corrected chi connectivity index (χ2v) is 8.15. The fourth-order valence-electron chi connectivity index (χ4n) is 3.33. The van der Waals surface area contributed by atoms with Crippen LogP contribution < -0.4 is 5.32 Å². The Hall–Kier alpha value is -2.46. The molecule has 0 saturated heterocycles. The third-order valence-corrected chi connectivity index (χ3v) is 6.44. The molecule has 0 fully saturated rings. The zero-order valence-corrected chi connectivity index (χ0v) is 15.6. The number of rotatable bonds is 4. The van der Waals surface area contributed by atoms with Gasteiger partial charge in [0.25, 0.3) is 0 Å². The molecule has 1 aliphatic heterocycles. The lowest BCUT2D eigenvalue weighted by Crippen LogP contribution is -2.40. The maximum absolute atomic E-state index is 12.6. The molecule has 0 bridgehead atoms. The Morgan fingerprint density at radius 1 is 1.19 bits per heavy atom. The van der Waals surface area contributed by atoms with Gasteiger partial charge < -0.3 is 5.32 Å². The highest BCUT2D eigenvalue weighted by Gasteiger charge is 2.31. The van der Waals surface area contributed by atoms with Gasteiger partial charge in [-0.05, 0) is 59.1 Å². The number of thiophene rings is 2. The minimum Gasteiger partial charge on any atom is -0.325 e. The van der Waals surface area contributed by atoms with Gasteiger partial charge >= 0.3 is 0 Å². The second-order valence-electron chi connectivity index (χ2n) is 6.17. The molecule has 1 aliphatic rings. The van der Waals surface area contributed by atoms with Crippen LogP contribution in [0.5, 0.6) is 0 Å². The smallest absolute Gasteiger partial charge is 0.238 e. The van der Waals surface area contributed by atoms with E-state index in [1.54, 1.807) is 46.9 Å². The number of nitriles is 1. The van der Waals surface area contributed by atoms with Crippen molar-refractivity contribution < 1.29 is 4.79 Å². The highest BCUT2D eigenvalue weighted by Crippen LogP contribution is 2.39. The van der Waals surface area contributed by atoms with Crippen molar-refractivity contribution in [2.24, 2.45) is 0 Å². The van der Waals surface area contributed by atoms with Crippen molar-refractivity contribution in [2.45, 2.75) is 12.5 Å². The van der Waals surface area contributed by atoms with Gasteiger partial charge in [0.2, 0.25) is 5.91 Å². The molecular weight excluding hydrogens is 362 g/mol. The molecule has 0 saturated carbocycles. The first-order valence-corrected chi connectivity index (χ1v) is 10.1. The summed E-state index contributed by atoms with van der Waals surface area (Å²) < 4.78 is 0. The monoisotopic (exact) mass is 379 g/mol. The van der Waals surface area contributed by atoms with E-state index in [0.717, 1.165) is 18.7 Å². The third-order valence-electron chi connectivity index (χ3n) is 4.52. The number of carbonyl (C=O) groups excluding carboxylic acids is 1. The Labute approximate surface area is 160 Å². The summed E-state index contributed by atoms with van der Waals surface area (Å²) in [4.78, 5) is 17.5. The second kappa shape index (κ2) is 7.42. The van der Waals surface area contributed by atoms with Gasteiger partial charge in [-0.1, -0.05) is 6.07 Å². The van der Waals surface area contributed by atoms with Crippen molar-refractivity contribution >= 4 is 34.3 Å². The van der Waals surface area contributed by atoms with Crippen LogP contribution in [-0.2, 0) is 11.2 Å². The highest BCUT2D eigenvalue weighted by molar-refractivity contribution is 7.10. The van der Waals surface area contributed by atoms with Gasteiger partial charge in [-0.25, -0.2) is 0 Å². The van der Waals surface area contributed by atoms with E-state index in [1.807, 2.05) is 0 Å². The molecular formula is C20H17N3OS2. The lowest BCUT2D eigenvalue weighted by molar-refractivity contribution is -0.117. The molecule has 3 heterocycles. The molecule has 3 aromatic rings. The summed E-state index contributed by atoms with van der Waals surface area (Å²) in [6.45, 7) is 1.22. The maximum Gasteiger partial charge on any atom is 0.238 e. The summed E-state index contributed by atoms with van der Waals surface area (Å²) in [5.74, 6) is -0.0325. The molecule has 0 aliphatic carbocycles. The number of anilines is 1. The molecule has 1 amide bonds. The average Bonchev–Trinajstić information content (AvgIpc) is 3.34. The molecule has 4 rings (SSSR count). The third kappa shape index (κ3) is 3.42. The molecule has 130 valence electrons. The zero-order chi connectivity index (χ0) is 17.9. The predicted octanol–water partition coefficient (Wildman–Crippen LogP) is 4.27. The van der Waals surface area contributed by atoms with E-state index in [-0.39, 0.29) is 11.9 Å². The largest absolute Gasteiger partial charge is 0.325 e. The topological polar surface area (TPSA) is 56.1 Å². The number of benzene rings is 1. The van der Waals surface area contributed by atoms with Crippen molar-refractivity contribution in [1.29, 1.82) is 5.26 Å². The number of nitrogens with zero attached hydrogens (tertiary/aromatic N) is 2. The summed E-state index contributed by atoms with van der Waals surface area (Å²) in [6, 6.07) is 15.6. The van der Waals surface area contributed by atoms with Crippen LogP contribution in [0.2, 0.25) is 0 Å². The van der Waals surface area contributed by atoms with E-state index in [4.69, 9.17) is 5.26 Å². The van der Waals surface area contributed by atoms with Crippen LogP contribution in [0.15, 0.2) is 53.2 Å². The van der Waals surface area contributed by atoms with Crippen LogP contribution in [0.1, 0.15) is 26.9 Å². The SMILES string of the molecule is N#Cc1ccc(NC(=O)CN2CCc3sccc3C2c2cccs2)cc1. The predicted molar refractivity (Wildman–Crippen MR) is 106 cm³/mol. The van der Waals surface area contributed by atoms with Crippen LogP contribution in [0, 0.1) is 11.3 Å². The molecule has 0 radical (unpaired) electrons. The van der Waals surface area contributed by atoms with Crippen LogP contribution in [0.4, 0.5) is 5.69 Å². The average molecular weight is 380 g/mol. The molecule has 4 nitrogen and oxygen atoms in total. The molecule has 26 heavy (non-hydrogen) atoms. The minimum absolute atomic E-state index is 0.0325. The Bertz CT molecular complexity index is 938. The van der Waals surface area contributed by atoms with Gasteiger partial charge in [-0.2, -0.15) is 5.26 Å². The number of amides is 1. The Morgan fingerprint density at radius 3 is 2.77 bits per heavy atom. The summed E-state index contributed by atoms with van der Waals surface area (Å²) in [7, 11) is 0. The number of hydrogen-bond acceptors (Lipinski definition) is 5. The van der Waals surface area contributed by atoms with E-state index in [2.05, 4.69) is 45.2 Å². The van der Waals surface area contributed by atoms with E-state index >= 15 is 0 Å². The minimum atomic E-state index is -0.0325. The summed E-state index contributed by atoms with van der Waals surface area (Å²) in [5.41, 5.74) is 2.63. The highest BCUT2D eigenvalue weighted by atomic mass is 32.1. The molecule has 2 aromatic heterocycles. The first kappa shape index (κ1) is 17.0. The number of carbonyl (C=O) groups is 1. The van der Waals surface area contributed by atoms with Gasteiger partial charge in [0.15, 0.2) is 0 Å². The van der Waals surface area contributed by atoms with Gasteiger partial charge in [-0.3, -0.25) is 9.69 Å². The van der Waals surface area contributed by atoms with Crippen molar-refractivity contribution in [1.82, 2.24) is 4.90 Å². The lowest BCUT2D eigenvalue weighted by atomic mass is 9.98. The normalized spacial score (nSPS) is 16.7. The van der Waals surface area contributed by atoms with Crippen molar-refractivity contribution in [3.05, 3.63) is 74.1 Å². The van der Waals surface area contributed by atoms with Gasteiger partial charge in [0.1, 0.15) is 0 Å². The van der Waals surface area contributed by atoms with E-state index in [0.29, 0.717) is 12.1 Å². The van der Waals surface area contributed by atoms with Gasteiger partial charge in [-0.15, -0.1) is 22.7 Å². The summed E-state index contributed by atoms with van der Waals surface area (Å²) in [5, 5.41) is 16.0. The number of hydrogen-bond donors (Lipinski definition) is 1. The fourth-order valence-corrected chi connectivity index (χ4v) is 5.11. The maximum atomic E-state index is 12.6. The van der Waals surface area contributed by atoms with Gasteiger partial charge in [0.05, 0.1) is 24.2 Å². The molecule has 0 spiro atoms. The Kier molecular flexibility index (Phi) is 4.85. The number of nitrogens with one attached hydrogen (secondary N) is 1. The fraction of sp³-hybridized carbons (Fsp3) is 0.200. The van der Waals surface area contributed by atoms with Crippen LogP contribution in [0.3, 0.4) is 0 Å². The van der Waals surface area contributed by atoms with E-state index in [9.17, 15) is 4.79 Å². The molecule has 6 heteroatoms. The van der Waals surface area contributed by atoms with Gasteiger partial charge in [0, 0.05) is 22.0 Å². The first-order valence-electron chi connectivity index (χ1n) is 8.38. The van der Waals surface area contributed by atoms with Crippen LogP contribution in [0.25, 0.3) is 0 Å². The first-order chi connectivity index (χ1) is 12.7. The van der Waals surface area contributed by atoms with Crippen LogP contribution in [-0.4, -0.2) is 23.9 Å². The van der Waals surface area contributed by atoms with Crippen molar-refractivity contribution in [3.8, 4) is 6.07 Å². The Balaban J connectivity index is 1.51. The lowest BCUT2D eigenvalue weighted by Gasteiger charge is -2.34. The van der Waals surface area contributed by atoms with Crippen LogP contribution >= 0.6 is 22.7 Å². The molecule has 1 aromatic carbocycles. The van der Waals surface area contributed by atoms with Crippen molar-refractivity contribution in [2.75, 3.05) is 18.4 Å². The van der Waals surface area contributed by atoms with E-state index in [1.165, 1.54) is 15.3 Å². The molecule has 1 atom stereocenters. The zero-order valence-electron chi connectivity index (χ0n) is 14.0. The standard InChI is InChI=1S/C20H17N3OS2/c21-12-14-3-5-15(6-4-14)22-19(24)13-23-9-7-17-16(8-11-26-17)20(23)18-2-1-10-25-18/h1-6,8,10-11,20H,7,9,13H2,(H,22,24). The van der Waals surface area contributed by atoms with Crippen molar-refractivity contribution in [3.63, 3.8) is 0 Å². The number of fused-ring (bicyclic) bond motifs is 1. The van der Waals surface area contributed by atoms with E-state index < -0.39 is 0 Å². The quantitative estimate of drug-likeness (QED) is 0.737. The molecule has 1 unspecified atom stereocenters.